The van der Waals surface area contributed by atoms with Gasteiger partial charge in [-0.05, 0) is 66.7 Å². The van der Waals surface area contributed by atoms with E-state index in [0.29, 0.717) is 18.8 Å². The van der Waals surface area contributed by atoms with Crippen molar-refractivity contribution in [1.29, 1.82) is 0 Å². The van der Waals surface area contributed by atoms with E-state index >= 15 is 0 Å². The number of amides is 1. The molecule has 1 aliphatic carbocycles. The van der Waals surface area contributed by atoms with Crippen molar-refractivity contribution in [1.82, 2.24) is 29.5 Å². The van der Waals surface area contributed by atoms with Crippen LogP contribution in [0.3, 0.4) is 0 Å². The van der Waals surface area contributed by atoms with Crippen LogP contribution in [0.2, 0.25) is 0 Å². The Morgan fingerprint density at radius 1 is 1.02 bits per heavy atom. The summed E-state index contributed by atoms with van der Waals surface area (Å²) in [6, 6.07) is 20.3. The topological polar surface area (TPSA) is 149 Å². The first-order valence-corrected chi connectivity index (χ1v) is 14.2. The van der Waals surface area contributed by atoms with Crippen LogP contribution in [0.15, 0.2) is 85.1 Å². The zero-order valence-electron chi connectivity index (χ0n) is 21.5. The largest absolute Gasteiger partial charge is 0.448 e. The zero-order valence-corrected chi connectivity index (χ0v) is 23.9. The molecular weight excluding hydrogens is 633 g/mol. The van der Waals surface area contributed by atoms with Gasteiger partial charge >= 0.3 is 11.8 Å². The number of hydrogen-bond acceptors (Lipinski definition) is 11. The predicted octanol–water partition coefficient (Wildman–Crippen LogP) is 4.88. The highest BCUT2D eigenvalue weighted by atomic mass is 79.9. The van der Waals surface area contributed by atoms with E-state index in [2.05, 4.69) is 70.4 Å². The Labute approximate surface area is 250 Å². The molecule has 2 aromatic heterocycles. The van der Waals surface area contributed by atoms with Crippen molar-refractivity contribution in [2.45, 2.75) is 5.92 Å². The standard InChI is InChI=1S/C27H21BrFN7O5S/c28-21-13-15(9-10-22(21)29)36-25(34-40-27(36)38)23-24(33-41-32-23)30-11-12-31-42-35-26(37)39-14-20-18-7-3-1-5-16(18)17-6-2-4-8-19(17)20/h1-10,13,20,31H,11-12,14H2,(H,30,33)(H,35,37). The first-order valence-electron chi connectivity index (χ1n) is 12.6. The van der Waals surface area contributed by atoms with Gasteiger partial charge in [-0.25, -0.2) is 27.9 Å². The maximum Gasteiger partial charge on any atom is 0.446 e. The molecule has 0 bridgehead atoms. The minimum Gasteiger partial charge on any atom is -0.448 e. The minimum absolute atomic E-state index is 0.0153. The van der Waals surface area contributed by atoms with Gasteiger partial charge in [0.2, 0.25) is 11.6 Å². The van der Waals surface area contributed by atoms with Crippen molar-refractivity contribution in [2.75, 3.05) is 25.0 Å². The van der Waals surface area contributed by atoms with Crippen LogP contribution in [0.4, 0.5) is 15.0 Å². The molecule has 214 valence electrons. The number of nitrogens with zero attached hydrogens (tertiary/aromatic N) is 4. The Kier molecular flexibility index (Phi) is 8.03. The van der Waals surface area contributed by atoms with Crippen LogP contribution >= 0.6 is 28.1 Å². The molecule has 0 fully saturated rings. The van der Waals surface area contributed by atoms with E-state index < -0.39 is 17.7 Å². The van der Waals surface area contributed by atoms with E-state index in [1.807, 2.05) is 24.3 Å². The molecule has 0 saturated heterocycles. The molecule has 0 atom stereocenters. The van der Waals surface area contributed by atoms with Gasteiger partial charge in [-0.1, -0.05) is 53.7 Å². The van der Waals surface area contributed by atoms with E-state index in [0.717, 1.165) is 39.0 Å². The maximum absolute atomic E-state index is 13.7. The quantitative estimate of drug-likeness (QED) is 0.140. The molecule has 0 saturated carbocycles. The fourth-order valence-corrected chi connectivity index (χ4v) is 5.48. The number of anilines is 1. The first kappa shape index (κ1) is 27.7. The van der Waals surface area contributed by atoms with E-state index in [-0.39, 0.29) is 34.3 Å². The van der Waals surface area contributed by atoms with Crippen molar-refractivity contribution in [3.05, 3.63) is 98.7 Å². The molecule has 0 aliphatic heterocycles. The predicted molar refractivity (Wildman–Crippen MR) is 155 cm³/mol. The van der Waals surface area contributed by atoms with Gasteiger partial charge in [-0.15, -0.1) is 0 Å². The van der Waals surface area contributed by atoms with Gasteiger partial charge in [0.05, 0.1) is 10.2 Å². The van der Waals surface area contributed by atoms with Gasteiger partial charge in [-0.3, -0.25) is 9.25 Å². The molecule has 1 amide bonds. The Balaban J connectivity index is 0.982. The highest BCUT2D eigenvalue weighted by molar-refractivity contribution is 9.10. The van der Waals surface area contributed by atoms with Crippen LogP contribution in [0.5, 0.6) is 0 Å². The first-order chi connectivity index (χ1) is 20.5. The second-order valence-corrected chi connectivity index (χ2v) is 10.6. The zero-order chi connectivity index (χ0) is 29.1. The minimum atomic E-state index is -0.796. The second-order valence-electron chi connectivity index (χ2n) is 9.02. The summed E-state index contributed by atoms with van der Waals surface area (Å²) in [6.45, 7) is 0.938. The highest BCUT2D eigenvalue weighted by Crippen LogP contribution is 2.44. The molecule has 3 aromatic carbocycles. The molecule has 5 aromatic rings. The van der Waals surface area contributed by atoms with Gasteiger partial charge in [0.15, 0.2) is 5.69 Å². The summed E-state index contributed by atoms with van der Waals surface area (Å²) >= 11 is 4.08. The molecule has 12 nitrogen and oxygen atoms in total. The van der Waals surface area contributed by atoms with Crippen LogP contribution in [0.1, 0.15) is 17.0 Å². The summed E-state index contributed by atoms with van der Waals surface area (Å²) in [7, 11) is 0. The molecule has 0 spiro atoms. The maximum atomic E-state index is 13.7. The Bertz CT molecular complexity index is 1760. The highest BCUT2D eigenvalue weighted by Gasteiger charge is 2.29. The van der Waals surface area contributed by atoms with Crippen molar-refractivity contribution >= 4 is 40.0 Å². The number of carbonyl (C=O) groups is 1. The number of carbonyl (C=O) groups excluding carboxylic acids is 1. The number of halogens is 2. The lowest BCUT2D eigenvalue weighted by Gasteiger charge is -2.14. The molecule has 3 N–H and O–H groups in total. The number of benzene rings is 3. The lowest BCUT2D eigenvalue weighted by Crippen LogP contribution is -2.26. The number of rotatable bonds is 10. The second kappa shape index (κ2) is 12.2. The molecule has 2 heterocycles. The van der Waals surface area contributed by atoms with Gasteiger partial charge in [-0.2, -0.15) is 0 Å². The number of aromatic nitrogens is 4. The number of hydrogen-bond donors (Lipinski definition) is 3. The summed E-state index contributed by atoms with van der Waals surface area (Å²) in [5.41, 5.74) is 5.01. The third-order valence-corrected chi connectivity index (χ3v) is 7.76. The van der Waals surface area contributed by atoms with Gasteiger partial charge in [0, 0.05) is 31.1 Å². The molecule has 0 unspecified atom stereocenters. The molecule has 42 heavy (non-hydrogen) atoms. The summed E-state index contributed by atoms with van der Waals surface area (Å²) in [4.78, 5) is 24.7. The number of fused-ring (bicyclic) bond motifs is 3. The smallest absolute Gasteiger partial charge is 0.446 e. The molecule has 15 heteroatoms. The summed E-state index contributed by atoms with van der Waals surface area (Å²) < 4.78 is 35.7. The van der Waals surface area contributed by atoms with E-state index in [1.54, 1.807) is 0 Å². The van der Waals surface area contributed by atoms with Crippen molar-refractivity contribution in [3.8, 4) is 28.3 Å². The average Bonchev–Trinajstić information content (AvgIpc) is 3.71. The monoisotopic (exact) mass is 653 g/mol. The lowest BCUT2D eigenvalue weighted by molar-refractivity contribution is 0.150. The Morgan fingerprint density at radius 2 is 1.76 bits per heavy atom. The van der Waals surface area contributed by atoms with E-state index in [9.17, 15) is 14.0 Å². The Morgan fingerprint density at radius 3 is 2.50 bits per heavy atom. The van der Waals surface area contributed by atoms with Crippen LogP contribution in [-0.2, 0) is 4.74 Å². The van der Waals surface area contributed by atoms with Crippen LogP contribution in [-0.4, -0.2) is 45.8 Å². The van der Waals surface area contributed by atoms with Gasteiger partial charge < -0.3 is 10.1 Å². The normalized spacial score (nSPS) is 12.1. The molecular formula is C27H21BrFN7O5S. The van der Waals surface area contributed by atoms with Crippen molar-refractivity contribution < 1.29 is 23.1 Å². The molecule has 1 aliphatic rings. The van der Waals surface area contributed by atoms with Crippen LogP contribution in [0, 0.1) is 5.82 Å². The molecule has 6 rings (SSSR count). The Hall–Kier alpha value is -4.47. The summed E-state index contributed by atoms with van der Waals surface area (Å²) in [5, 5.41) is 14.4. The van der Waals surface area contributed by atoms with E-state index in [1.165, 1.54) is 18.2 Å². The van der Waals surface area contributed by atoms with Gasteiger partial charge in [0.25, 0.3) is 0 Å². The average molecular weight is 654 g/mol. The van der Waals surface area contributed by atoms with Crippen molar-refractivity contribution in [2.24, 2.45) is 0 Å². The van der Waals surface area contributed by atoms with Crippen molar-refractivity contribution in [3.63, 3.8) is 0 Å². The van der Waals surface area contributed by atoms with E-state index in [4.69, 9.17) is 13.9 Å². The number of nitrogens with one attached hydrogen (secondary N) is 3. The lowest BCUT2D eigenvalue weighted by atomic mass is 9.98. The van der Waals surface area contributed by atoms with Gasteiger partial charge in [0.1, 0.15) is 12.4 Å². The fraction of sp³-hybridized carbons (Fsp3) is 0.148. The third kappa shape index (κ3) is 5.53. The SMILES string of the molecule is O=C(NSNCCNc1nonc1-c1noc(=O)n1-c1ccc(F)c(Br)c1)OCC1c2ccccc2-c2ccccc21. The molecule has 0 radical (unpaired) electrons. The third-order valence-electron chi connectivity index (χ3n) is 6.54. The number of ether oxygens (including phenoxy) is 1. The summed E-state index contributed by atoms with van der Waals surface area (Å²) in [5.74, 6) is -1.10. The van der Waals surface area contributed by atoms with Crippen LogP contribution in [0.25, 0.3) is 28.3 Å². The van der Waals surface area contributed by atoms with Crippen LogP contribution < -0.4 is 20.5 Å². The summed E-state index contributed by atoms with van der Waals surface area (Å²) in [6.07, 6.45) is -0.568. The fourth-order valence-electron chi connectivity index (χ4n) is 4.69.